The predicted octanol–water partition coefficient (Wildman–Crippen LogP) is 1.83. The summed E-state index contributed by atoms with van der Waals surface area (Å²) in [5, 5.41) is 57.4. The van der Waals surface area contributed by atoms with Gasteiger partial charge in [-0.2, -0.15) is 0 Å². The van der Waals surface area contributed by atoms with Crippen LogP contribution >= 0.6 is 0 Å². The molecule has 0 fully saturated rings. The van der Waals surface area contributed by atoms with E-state index in [0.29, 0.717) is 11.1 Å². The molecule has 0 radical (unpaired) electrons. The summed E-state index contributed by atoms with van der Waals surface area (Å²) >= 11 is 0. The summed E-state index contributed by atoms with van der Waals surface area (Å²) in [6.45, 7) is 0. The van der Waals surface area contributed by atoms with Crippen LogP contribution in [0.5, 0.6) is 23.0 Å². The number of aromatic hydroxyl groups is 4. The van der Waals surface area contributed by atoms with Crippen molar-refractivity contribution in [2.45, 2.75) is 24.2 Å². The van der Waals surface area contributed by atoms with E-state index in [1.54, 1.807) is 0 Å². The Labute approximate surface area is 204 Å². The number of carboxylic acids is 1. The number of ether oxygens (including phenoxy) is 2. The van der Waals surface area contributed by atoms with Gasteiger partial charge in [-0.05, 0) is 59.7 Å². The second-order valence-electron chi connectivity index (χ2n) is 7.83. The van der Waals surface area contributed by atoms with Gasteiger partial charge in [0.2, 0.25) is 0 Å². The Hall–Kier alpha value is -4.77. The van der Waals surface area contributed by atoms with Crippen LogP contribution in [-0.4, -0.2) is 66.4 Å². The molecule has 1 aliphatic rings. The van der Waals surface area contributed by atoms with Crippen LogP contribution in [0.3, 0.4) is 0 Å². The minimum atomic E-state index is -2.36. The van der Waals surface area contributed by atoms with E-state index < -0.39 is 53.6 Å². The lowest BCUT2D eigenvalue weighted by Gasteiger charge is -2.33. The van der Waals surface area contributed by atoms with Crippen LogP contribution < -0.4 is 0 Å². The maximum atomic E-state index is 12.3. The second kappa shape index (κ2) is 10.7. The van der Waals surface area contributed by atoms with Crippen molar-refractivity contribution in [3.8, 4) is 23.0 Å². The fourth-order valence-electron chi connectivity index (χ4n) is 3.23. The molecule has 0 spiro atoms. The van der Waals surface area contributed by atoms with E-state index in [-0.39, 0.29) is 11.5 Å². The number of rotatable bonds is 7. The molecule has 0 amide bonds. The molecule has 6 N–H and O–H groups in total. The maximum absolute atomic E-state index is 12.3. The highest BCUT2D eigenvalue weighted by atomic mass is 16.6. The van der Waals surface area contributed by atoms with E-state index in [2.05, 4.69) is 0 Å². The molecule has 1 aliphatic carbocycles. The van der Waals surface area contributed by atoms with Crippen LogP contribution in [-0.2, 0) is 23.9 Å². The fraction of sp³-hybridized carbons (Fsp3) is 0.160. The Balaban J connectivity index is 1.72. The summed E-state index contributed by atoms with van der Waals surface area (Å²) in [5.41, 5.74) is -1.64. The SMILES string of the molecule is O=C(/C=C/c1ccc(O)c(O)c1)OC1C=CC(O)(C(=O)O)CC1OC(=O)/C=C/c1ccc(O)c(O)c1. The molecule has 0 aromatic heterocycles. The third-order valence-corrected chi connectivity index (χ3v) is 5.15. The van der Waals surface area contributed by atoms with Crippen molar-refractivity contribution in [1.29, 1.82) is 0 Å². The van der Waals surface area contributed by atoms with E-state index in [1.807, 2.05) is 0 Å². The summed E-state index contributed by atoms with van der Waals surface area (Å²) in [5.74, 6) is -4.92. The molecule has 36 heavy (non-hydrogen) atoms. The average Bonchev–Trinajstić information content (AvgIpc) is 2.82. The third kappa shape index (κ3) is 6.42. The molecule has 3 unspecified atom stereocenters. The van der Waals surface area contributed by atoms with Crippen LogP contribution in [0.4, 0.5) is 0 Å². The number of phenols is 4. The summed E-state index contributed by atoms with van der Waals surface area (Å²) in [6, 6.07) is 7.67. The maximum Gasteiger partial charge on any atom is 0.339 e. The number of esters is 2. The number of carbonyl (C=O) groups is 3. The zero-order chi connectivity index (χ0) is 26.5. The fourth-order valence-corrected chi connectivity index (χ4v) is 3.23. The number of hydrogen-bond acceptors (Lipinski definition) is 10. The van der Waals surface area contributed by atoms with Crippen molar-refractivity contribution >= 4 is 30.1 Å². The molecule has 0 bridgehead atoms. The van der Waals surface area contributed by atoms with Crippen molar-refractivity contribution in [2.75, 3.05) is 0 Å². The molecule has 188 valence electrons. The van der Waals surface area contributed by atoms with Crippen molar-refractivity contribution < 1.29 is 54.5 Å². The van der Waals surface area contributed by atoms with Crippen LogP contribution in [0, 0.1) is 0 Å². The van der Waals surface area contributed by atoms with Crippen molar-refractivity contribution in [2.24, 2.45) is 0 Å². The monoisotopic (exact) mass is 498 g/mol. The number of aliphatic hydroxyl groups is 1. The van der Waals surface area contributed by atoms with Gasteiger partial charge in [-0.1, -0.05) is 12.1 Å². The van der Waals surface area contributed by atoms with Gasteiger partial charge in [0.15, 0.2) is 34.7 Å². The Kier molecular flexibility index (Phi) is 7.65. The van der Waals surface area contributed by atoms with Gasteiger partial charge in [-0.25, -0.2) is 14.4 Å². The zero-order valence-corrected chi connectivity index (χ0v) is 18.5. The first-order valence-electron chi connectivity index (χ1n) is 10.4. The molecule has 11 heteroatoms. The second-order valence-corrected chi connectivity index (χ2v) is 7.83. The highest BCUT2D eigenvalue weighted by molar-refractivity contribution is 5.89. The lowest BCUT2D eigenvalue weighted by atomic mass is 9.87. The number of carbonyl (C=O) groups excluding carboxylic acids is 2. The highest BCUT2D eigenvalue weighted by Gasteiger charge is 2.44. The third-order valence-electron chi connectivity index (χ3n) is 5.15. The normalized spacial score (nSPS) is 21.5. The van der Waals surface area contributed by atoms with E-state index in [9.17, 15) is 45.0 Å². The van der Waals surface area contributed by atoms with E-state index in [0.717, 1.165) is 24.3 Å². The molecular formula is C25H22O11. The molecule has 0 saturated heterocycles. The van der Waals surface area contributed by atoms with E-state index in [1.165, 1.54) is 48.6 Å². The molecule has 2 aromatic rings. The number of carboxylic acid groups (broad SMARTS) is 1. The zero-order valence-electron chi connectivity index (χ0n) is 18.5. The first-order chi connectivity index (χ1) is 17.0. The highest BCUT2D eigenvalue weighted by Crippen LogP contribution is 2.29. The van der Waals surface area contributed by atoms with Crippen molar-refractivity contribution in [3.63, 3.8) is 0 Å². The summed E-state index contributed by atoms with van der Waals surface area (Å²) in [7, 11) is 0. The van der Waals surface area contributed by atoms with Gasteiger partial charge >= 0.3 is 17.9 Å². The first kappa shape index (κ1) is 25.8. The minimum Gasteiger partial charge on any atom is -0.504 e. The van der Waals surface area contributed by atoms with Crippen LogP contribution in [0.1, 0.15) is 17.5 Å². The van der Waals surface area contributed by atoms with Crippen LogP contribution in [0.2, 0.25) is 0 Å². The predicted molar refractivity (Wildman–Crippen MR) is 124 cm³/mol. The van der Waals surface area contributed by atoms with Gasteiger partial charge in [0, 0.05) is 18.6 Å². The minimum absolute atomic E-state index is 0.339. The Morgan fingerprint density at radius 3 is 1.78 bits per heavy atom. The van der Waals surface area contributed by atoms with Crippen LogP contribution in [0.25, 0.3) is 12.2 Å². The molecule has 2 aromatic carbocycles. The summed E-state index contributed by atoms with van der Waals surface area (Å²) in [4.78, 5) is 36.1. The van der Waals surface area contributed by atoms with Gasteiger partial charge in [-0.15, -0.1) is 0 Å². The first-order valence-corrected chi connectivity index (χ1v) is 10.4. The number of aliphatic carboxylic acids is 1. The van der Waals surface area contributed by atoms with Gasteiger partial charge in [-0.3, -0.25) is 0 Å². The van der Waals surface area contributed by atoms with Gasteiger partial charge in [0.25, 0.3) is 0 Å². The Morgan fingerprint density at radius 2 is 1.31 bits per heavy atom. The quantitative estimate of drug-likeness (QED) is 0.141. The number of benzene rings is 2. The molecule has 3 rings (SSSR count). The number of hydrogen-bond donors (Lipinski definition) is 6. The van der Waals surface area contributed by atoms with Crippen molar-refractivity contribution in [1.82, 2.24) is 0 Å². The van der Waals surface area contributed by atoms with Crippen molar-refractivity contribution in [3.05, 3.63) is 71.8 Å². The topological polar surface area (TPSA) is 191 Å². The van der Waals surface area contributed by atoms with Crippen LogP contribution in [0.15, 0.2) is 60.7 Å². The van der Waals surface area contributed by atoms with E-state index in [4.69, 9.17) is 9.47 Å². The lowest BCUT2D eigenvalue weighted by molar-refractivity contribution is -0.170. The molecule has 11 nitrogen and oxygen atoms in total. The van der Waals surface area contributed by atoms with E-state index >= 15 is 0 Å². The summed E-state index contributed by atoms with van der Waals surface area (Å²) < 4.78 is 10.5. The standard InChI is InChI=1S/C25H22O11/c26-16-5-1-14(11-18(16)28)3-7-22(30)35-20-9-10-25(34,24(32)33)13-21(20)36-23(31)8-4-15-2-6-17(27)19(29)12-15/h1-12,20-21,26-29,34H,13H2,(H,32,33)/b7-3+,8-4+. The van der Waals surface area contributed by atoms with Gasteiger partial charge in [0.05, 0.1) is 0 Å². The molecule has 0 saturated carbocycles. The number of phenolic OH excluding ortho intramolecular Hbond substituents is 4. The Morgan fingerprint density at radius 1 is 0.806 bits per heavy atom. The summed E-state index contributed by atoms with van der Waals surface area (Å²) in [6.07, 6.45) is 3.35. The largest absolute Gasteiger partial charge is 0.504 e. The molecule has 3 atom stereocenters. The molecular weight excluding hydrogens is 476 g/mol. The molecule has 0 aliphatic heterocycles. The smallest absolute Gasteiger partial charge is 0.339 e. The Bertz CT molecular complexity index is 1260. The van der Waals surface area contributed by atoms with Gasteiger partial charge < -0.3 is 40.1 Å². The van der Waals surface area contributed by atoms with Gasteiger partial charge in [0.1, 0.15) is 6.10 Å². The average molecular weight is 498 g/mol. The molecule has 0 heterocycles. The lowest BCUT2D eigenvalue weighted by Crippen LogP contribution is -2.48.